The van der Waals surface area contributed by atoms with Gasteiger partial charge in [0.05, 0.1) is 11.5 Å². The highest BCUT2D eigenvalue weighted by Crippen LogP contribution is 2.18. The Balaban J connectivity index is 4.34. The predicted molar refractivity (Wildman–Crippen MR) is 63.4 cm³/mol. The number of carbonyl (C=O) groups excluding carboxylic acids is 2. The molecule has 0 heterocycles. The van der Waals surface area contributed by atoms with Gasteiger partial charge in [0.25, 0.3) is 0 Å². The number of rotatable bonds is 4. The fourth-order valence-corrected chi connectivity index (χ4v) is 0.898. The van der Waals surface area contributed by atoms with Gasteiger partial charge >= 0.3 is 0 Å². The summed E-state index contributed by atoms with van der Waals surface area (Å²) in [7, 11) is 0. The van der Waals surface area contributed by atoms with E-state index in [1.54, 1.807) is 13.8 Å². The van der Waals surface area contributed by atoms with E-state index in [4.69, 9.17) is 11.5 Å². The van der Waals surface area contributed by atoms with E-state index in [1.807, 2.05) is 20.8 Å². The Kier molecular flexibility index (Phi) is 4.49. The first-order valence-electron chi connectivity index (χ1n) is 5.31. The van der Waals surface area contributed by atoms with Crippen molar-refractivity contribution in [3.8, 4) is 0 Å². The molecule has 0 aromatic rings. The van der Waals surface area contributed by atoms with Gasteiger partial charge in [0.15, 0.2) is 0 Å². The van der Waals surface area contributed by atoms with Gasteiger partial charge in [0.2, 0.25) is 11.8 Å². The molecule has 5 heteroatoms. The summed E-state index contributed by atoms with van der Waals surface area (Å²) in [6.45, 7) is 9.21. The van der Waals surface area contributed by atoms with Crippen LogP contribution in [0.2, 0.25) is 0 Å². The van der Waals surface area contributed by atoms with Gasteiger partial charge in [-0.15, -0.1) is 0 Å². The second kappa shape index (κ2) is 4.82. The van der Waals surface area contributed by atoms with Gasteiger partial charge in [-0.25, -0.2) is 0 Å². The Hall–Kier alpha value is -1.10. The predicted octanol–water partition coefficient (Wildman–Crippen LogP) is -0.0125. The average molecular weight is 229 g/mol. The normalized spacial score (nSPS) is 14.4. The Morgan fingerprint density at radius 2 is 1.62 bits per heavy atom. The van der Waals surface area contributed by atoms with Crippen molar-refractivity contribution in [2.75, 3.05) is 6.54 Å². The van der Waals surface area contributed by atoms with Crippen LogP contribution in [0.4, 0.5) is 0 Å². The third kappa shape index (κ3) is 4.18. The molecule has 5 N–H and O–H groups in total. The Labute approximate surface area is 96.9 Å². The molecule has 0 aromatic heterocycles. The number of carbonyl (C=O) groups is 2. The van der Waals surface area contributed by atoms with Crippen LogP contribution in [0, 0.1) is 10.8 Å². The fourth-order valence-electron chi connectivity index (χ4n) is 0.898. The summed E-state index contributed by atoms with van der Waals surface area (Å²) >= 11 is 0. The van der Waals surface area contributed by atoms with Gasteiger partial charge in [0.1, 0.15) is 0 Å². The van der Waals surface area contributed by atoms with Crippen LogP contribution in [0.5, 0.6) is 0 Å². The molecule has 0 fully saturated rings. The van der Waals surface area contributed by atoms with Crippen LogP contribution in [-0.4, -0.2) is 24.4 Å². The molecule has 0 rings (SSSR count). The highest BCUT2D eigenvalue weighted by atomic mass is 16.2. The van der Waals surface area contributed by atoms with E-state index in [1.165, 1.54) is 0 Å². The standard InChI is InChI=1S/C11H23N3O2/c1-10(2,3)7(12)8(15)14-6-11(4,5)9(13)16/h7H,6,12H2,1-5H3,(H2,13,16)(H,14,15). The van der Waals surface area contributed by atoms with Gasteiger partial charge < -0.3 is 16.8 Å². The topological polar surface area (TPSA) is 98.2 Å². The molecule has 0 saturated heterocycles. The summed E-state index contributed by atoms with van der Waals surface area (Å²) < 4.78 is 0. The molecule has 0 aromatic carbocycles. The monoisotopic (exact) mass is 229 g/mol. The van der Waals surface area contributed by atoms with Crippen LogP contribution in [0.15, 0.2) is 0 Å². The number of primary amides is 1. The third-order valence-corrected chi connectivity index (χ3v) is 2.59. The van der Waals surface area contributed by atoms with E-state index in [9.17, 15) is 9.59 Å². The maximum atomic E-state index is 11.7. The molecule has 0 bridgehead atoms. The van der Waals surface area contributed by atoms with Crippen molar-refractivity contribution in [2.24, 2.45) is 22.3 Å². The third-order valence-electron chi connectivity index (χ3n) is 2.59. The molecule has 0 aliphatic rings. The molecular weight excluding hydrogens is 206 g/mol. The summed E-state index contributed by atoms with van der Waals surface area (Å²) in [5, 5.41) is 2.65. The Bertz CT molecular complexity index is 279. The minimum Gasteiger partial charge on any atom is -0.369 e. The van der Waals surface area contributed by atoms with Crippen molar-refractivity contribution in [3.05, 3.63) is 0 Å². The molecule has 2 amide bonds. The largest absolute Gasteiger partial charge is 0.369 e. The Morgan fingerprint density at radius 1 is 1.19 bits per heavy atom. The molecule has 5 nitrogen and oxygen atoms in total. The van der Waals surface area contributed by atoms with Gasteiger partial charge in [0, 0.05) is 6.54 Å². The van der Waals surface area contributed by atoms with Crippen LogP contribution in [-0.2, 0) is 9.59 Å². The maximum absolute atomic E-state index is 11.7. The molecule has 0 aliphatic carbocycles. The smallest absolute Gasteiger partial charge is 0.237 e. The first kappa shape index (κ1) is 14.9. The van der Waals surface area contributed by atoms with Crippen molar-refractivity contribution < 1.29 is 9.59 Å². The zero-order valence-corrected chi connectivity index (χ0v) is 10.8. The highest BCUT2D eigenvalue weighted by molar-refractivity contribution is 5.84. The van der Waals surface area contributed by atoms with E-state index in [2.05, 4.69) is 5.32 Å². The number of nitrogens with one attached hydrogen (secondary N) is 1. The number of nitrogens with two attached hydrogens (primary N) is 2. The SMILES string of the molecule is CC(C)(CNC(=O)C(N)C(C)(C)C)C(N)=O. The molecule has 0 saturated carbocycles. The highest BCUT2D eigenvalue weighted by Gasteiger charge is 2.30. The zero-order chi connectivity index (χ0) is 13.1. The van der Waals surface area contributed by atoms with Crippen molar-refractivity contribution in [1.29, 1.82) is 0 Å². The van der Waals surface area contributed by atoms with Gasteiger partial charge in [-0.05, 0) is 19.3 Å². The summed E-state index contributed by atoms with van der Waals surface area (Å²) in [6.07, 6.45) is 0. The molecule has 0 spiro atoms. The van der Waals surface area contributed by atoms with Crippen LogP contribution in [0.1, 0.15) is 34.6 Å². The molecular formula is C11H23N3O2. The van der Waals surface area contributed by atoms with E-state index in [0.717, 1.165) is 0 Å². The summed E-state index contributed by atoms with van der Waals surface area (Å²) in [4.78, 5) is 22.7. The minimum atomic E-state index is -0.757. The van der Waals surface area contributed by atoms with Crippen molar-refractivity contribution >= 4 is 11.8 Å². The van der Waals surface area contributed by atoms with Gasteiger partial charge in [-0.2, -0.15) is 0 Å². The van der Waals surface area contributed by atoms with Crippen LogP contribution >= 0.6 is 0 Å². The van der Waals surface area contributed by atoms with E-state index < -0.39 is 17.4 Å². The van der Waals surface area contributed by atoms with Gasteiger partial charge in [-0.3, -0.25) is 9.59 Å². The van der Waals surface area contributed by atoms with E-state index >= 15 is 0 Å². The molecule has 16 heavy (non-hydrogen) atoms. The first-order valence-corrected chi connectivity index (χ1v) is 5.31. The zero-order valence-electron chi connectivity index (χ0n) is 10.8. The lowest BCUT2D eigenvalue weighted by molar-refractivity contribution is -0.128. The van der Waals surface area contributed by atoms with Crippen molar-refractivity contribution in [3.63, 3.8) is 0 Å². The number of hydrogen-bond acceptors (Lipinski definition) is 3. The van der Waals surface area contributed by atoms with Gasteiger partial charge in [-0.1, -0.05) is 20.8 Å². The minimum absolute atomic E-state index is 0.199. The fraction of sp³-hybridized carbons (Fsp3) is 0.818. The number of amides is 2. The second-order valence-corrected chi connectivity index (χ2v) is 5.81. The van der Waals surface area contributed by atoms with Crippen LogP contribution in [0.25, 0.3) is 0 Å². The van der Waals surface area contributed by atoms with Crippen LogP contribution < -0.4 is 16.8 Å². The summed E-state index contributed by atoms with van der Waals surface area (Å²) in [5.41, 5.74) is 9.91. The van der Waals surface area contributed by atoms with Crippen LogP contribution in [0.3, 0.4) is 0 Å². The number of hydrogen-bond donors (Lipinski definition) is 3. The van der Waals surface area contributed by atoms with Crippen molar-refractivity contribution in [1.82, 2.24) is 5.32 Å². The second-order valence-electron chi connectivity index (χ2n) is 5.81. The molecule has 0 aliphatic heterocycles. The first-order chi connectivity index (χ1) is 6.98. The van der Waals surface area contributed by atoms with Crippen molar-refractivity contribution in [2.45, 2.75) is 40.7 Å². The molecule has 1 atom stereocenters. The molecule has 94 valence electrons. The molecule has 0 radical (unpaired) electrons. The van der Waals surface area contributed by atoms with E-state index in [-0.39, 0.29) is 17.9 Å². The Morgan fingerprint density at radius 3 is 1.94 bits per heavy atom. The lowest BCUT2D eigenvalue weighted by Crippen LogP contribution is -2.51. The summed E-state index contributed by atoms with van der Waals surface area (Å²) in [6, 6.07) is -0.601. The lowest BCUT2D eigenvalue weighted by Gasteiger charge is -2.28. The lowest BCUT2D eigenvalue weighted by atomic mass is 9.86. The average Bonchev–Trinajstić information content (AvgIpc) is 2.11. The van der Waals surface area contributed by atoms with E-state index in [0.29, 0.717) is 0 Å². The molecule has 1 unspecified atom stereocenters. The quantitative estimate of drug-likeness (QED) is 0.632. The summed E-state index contributed by atoms with van der Waals surface area (Å²) in [5.74, 6) is -0.709. The maximum Gasteiger partial charge on any atom is 0.237 e.